The van der Waals surface area contributed by atoms with E-state index in [0.717, 1.165) is 31.8 Å². The van der Waals surface area contributed by atoms with E-state index in [-0.39, 0.29) is 0 Å². The minimum atomic E-state index is -3.35. The summed E-state index contributed by atoms with van der Waals surface area (Å²) in [7, 11) is -3.35. The molecule has 1 aliphatic rings. The smallest absolute Gasteiger partial charge is 0.243 e. The van der Waals surface area contributed by atoms with Gasteiger partial charge in [0.15, 0.2) is 0 Å². The molecule has 1 fully saturated rings. The van der Waals surface area contributed by atoms with Crippen LogP contribution in [0.5, 0.6) is 0 Å². The first-order chi connectivity index (χ1) is 10.0. The number of rotatable bonds is 6. The maximum absolute atomic E-state index is 12.5. The maximum atomic E-state index is 12.5. The van der Waals surface area contributed by atoms with E-state index < -0.39 is 10.0 Å². The lowest BCUT2D eigenvalue weighted by Crippen LogP contribution is -2.49. The van der Waals surface area contributed by atoms with Gasteiger partial charge >= 0.3 is 0 Å². The van der Waals surface area contributed by atoms with Gasteiger partial charge < -0.3 is 4.74 Å². The van der Waals surface area contributed by atoms with Crippen LogP contribution in [0.3, 0.4) is 0 Å². The lowest BCUT2D eigenvalue weighted by atomic mass is 10.2. The van der Waals surface area contributed by atoms with Gasteiger partial charge in [0.25, 0.3) is 0 Å². The van der Waals surface area contributed by atoms with Gasteiger partial charge in [0.2, 0.25) is 10.0 Å². The fraction of sp³-hybridized carbons (Fsp3) is 0.600. The van der Waals surface area contributed by atoms with E-state index >= 15 is 0 Å². The molecule has 1 aromatic rings. The van der Waals surface area contributed by atoms with Crippen molar-refractivity contribution in [2.45, 2.75) is 18.7 Å². The Kier molecular flexibility index (Phi) is 5.75. The highest BCUT2D eigenvalue weighted by atomic mass is 32.2. The Hall–Kier alpha value is -0.950. The summed E-state index contributed by atoms with van der Waals surface area (Å²) in [6, 6.07) is 7.05. The molecule has 1 aromatic carbocycles. The topological polar surface area (TPSA) is 49.9 Å². The normalized spacial score (nSPS) is 18.0. The zero-order valence-electron chi connectivity index (χ0n) is 12.8. The molecule has 0 atom stereocenters. The van der Waals surface area contributed by atoms with Crippen LogP contribution in [-0.4, -0.2) is 63.6 Å². The summed E-state index contributed by atoms with van der Waals surface area (Å²) >= 11 is 0. The quantitative estimate of drug-likeness (QED) is 0.744. The first-order valence-electron chi connectivity index (χ1n) is 7.41. The Bertz CT molecular complexity index is 535. The zero-order valence-corrected chi connectivity index (χ0v) is 13.6. The van der Waals surface area contributed by atoms with Crippen LogP contribution in [0.4, 0.5) is 0 Å². The van der Waals surface area contributed by atoms with E-state index in [9.17, 15) is 8.42 Å². The molecule has 1 aliphatic heterocycles. The Labute approximate surface area is 127 Å². The van der Waals surface area contributed by atoms with E-state index in [4.69, 9.17) is 4.74 Å². The van der Waals surface area contributed by atoms with Crippen molar-refractivity contribution in [1.29, 1.82) is 0 Å². The van der Waals surface area contributed by atoms with Gasteiger partial charge in [0.1, 0.15) is 0 Å². The average Bonchev–Trinajstić information content (AvgIpc) is 2.48. The molecule has 2 rings (SSSR count). The van der Waals surface area contributed by atoms with Crippen LogP contribution < -0.4 is 0 Å². The van der Waals surface area contributed by atoms with E-state index in [1.165, 1.54) is 0 Å². The van der Waals surface area contributed by atoms with Gasteiger partial charge in [0.05, 0.1) is 11.5 Å². The molecule has 0 unspecified atom stereocenters. The van der Waals surface area contributed by atoms with Crippen molar-refractivity contribution in [3.05, 3.63) is 29.8 Å². The van der Waals surface area contributed by atoms with Crippen molar-refractivity contribution in [3.8, 4) is 0 Å². The third-order valence-electron chi connectivity index (χ3n) is 3.75. The van der Waals surface area contributed by atoms with Crippen LogP contribution >= 0.6 is 0 Å². The summed E-state index contributed by atoms with van der Waals surface area (Å²) < 4.78 is 32.0. The molecule has 0 amide bonds. The lowest BCUT2D eigenvalue weighted by Gasteiger charge is -2.33. The Morgan fingerprint density at radius 1 is 1.10 bits per heavy atom. The Balaban J connectivity index is 1.93. The first kappa shape index (κ1) is 16.4. The molecule has 0 bridgehead atoms. The summed E-state index contributed by atoms with van der Waals surface area (Å²) in [5.74, 6) is 0. The highest BCUT2D eigenvalue weighted by molar-refractivity contribution is 7.89. The van der Waals surface area contributed by atoms with Crippen molar-refractivity contribution in [2.24, 2.45) is 0 Å². The third kappa shape index (κ3) is 4.26. The standard InChI is InChI=1S/C15H24N2O3S/c1-3-20-13-12-16-8-10-17(11-9-16)21(18,19)15-6-4-14(2)5-7-15/h4-7H,3,8-13H2,1-2H3. The zero-order chi connectivity index (χ0) is 15.3. The molecule has 1 saturated heterocycles. The minimum Gasteiger partial charge on any atom is -0.380 e. The molecule has 0 saturated carbocycles. The SMILES string of the molecule is CCOCCN1CCN(S(=O)(=O)c2ccc(C)cc2)CC1. The monoisotopic (exact) mass is 312 g/mol. The number of sulfonamides is 1. The molecule has 0 aliphatic carbocycles. The summed E-state index contributed by atoms with van der Waals surface area (Å²) in [6.07, 6.45) is 0. The van der Waals surface area contributed by atoms with Gasteiger partial charge in [-0.15, -0.1) is 0 Å². The first-order valence-corrected chi connectivity index (χ1v) is 8.85. The maximum Gasteiger partial charge on any atom is 0.243 e. The van der Waals surface area contributed by atoms with Crippen molar-refractivity contribution in [1.82, 2.24) is 9.21 Å². The van der Waals surface area contributed by atoms with Crippen LogP contribution in [0.25, 0.3) is 0 Å². The van der Waals surface area contributed by atoms with Crippen LogP contribution in [0.2, 0.25) is 0 Å². The molecule has 5 nitrogen and oxygen atoms in total. The molecular weight excluding hydrogens is 288 g/mol. The number of aryl methyl sites for hydroxylation is 1. The summed E-state index contributed by atoms with van der Waals surface area (Å²) in [5.41, 5.74) is 1.06. The lowest BCUT2D eigenvalue weighted by molar-refractivity contribution is 0.0979. The largest absolute Gasteiger partial charge is 0.380 e. The molecule has 0 spiro atoms. The molecule has 1 heterocycles. The van der Waals surface area contributed by atoms with Crippen molar-refractivity contribution in [2.75, 3.05) is 45.9 Å². The van der Waals surface area contributed by atoms with Crippen molar-refractivity contribution >= 4 is 10.0 Å². The molecule has 0 N–H and O–H groups in total. The third-order valence-corrected chi connectivity index (χ3v) is 5.66. The van der Waals surface area contributed by atoms with Gasteiger partial charge in [-0.3, -0.25) is 4.90 Å². The molecule has 118 valence electrons. The number of piperazine rings is 1. The second kappa shape index (κ2) is 7.35. The Morgan fingerprint density at radius 2 is 1.71 bits per heavy atom. The highest BCUT2D eigenvalue weighted by Gasteiger charge is 2.28. The van der Waals surface area contributed by atoms with E-state index in [1.54, 1.807) is 16.4 Å². The van der Waals surface area contributed by atoms with E-state index in [2.05, 4.69) is 4.90 Å². The fourth-order valence-corrected chi connectivity index (χ4v) is 3.81. The summed E-state index contributed by atoms with van der Waals surface area (Å²) in [6.45, 7) is 8.84. The average molecular weight is 312 g/mol. The van der Waals surface area contributed by atoms with Crippen LogP contribution in [0, 0.1) is 6.92 Å². The molecule has 0 radical (unpaired) electrons. The number of nitrogens with zero attached hydrogens (tertiary/aromatic N) is 2. The summed E-state index contributed by atoms with van der Waals surface area (Å²) in [4.78, 5) is 2.63. The molecule has 0 aromatic heterocycles. The van der Waals surface area contributed by atoms with Crippen molar-refractivity contribution in [3.63, 3.8) is 0 Å². The number of hydrogen-bond acceptors (Lipinski definition) is 4. The van der Waals surface area contributed by atoms with E-state index in [0.29, 0.717) is 24.6 Å². The van der Waals surface area contributed by atoms with Gasteiger partial charge in [-0.2, -0.15) is 4.31 Å². The van der Waals surface area contributed by atoms with E-state index in [1.807, 2.05) is 26.0 Å². The highest BCUT2D eigenvalue weighted by Crippen LogP contribution is 2.18. The second-order valence-corrected chi connectivity index (χ2v) is 7.19. The van der Waals surface area contributed by atoms with Crippen LogP contribution in [-0.2, 0) is 14.8 Å². The van der Waals surface area contributed by atoms with Gasteiger partial charge in [0, 0.05) is 39.3 Å². The Morgan fingerprint density at radius 3 is 2.29 bits per heavy atom. The van der Waals surface area contributed by atoms with Gasteiger partial charge in [-0.05, 0) is 26.0 Å². The minimum absolute atomic E-state index is 0.385. The molecule has 6 heteroatoms. The van der Waals surface area contributed by atoms with Crippen LogP contribution in [0.1, 0.15) is 12.5 Å². The van der Waals surface area contributed by atoms with Crippen molar-refractivity contribution < 1.29 is 13.2 Å². The molecular formula is C15H24N2O3S. The number of ether oxygens (including phenoxy) is 1. The predicted molar refractivity (Wildman–Crippen MR) is 82.9 cm³/mol. The van der Waals surface area contributed by atoms with Gasteiger partial charge in [-0.25, -0.2) is 8.42 Å². The predicted octanol–water partition coefficient (Wildman–Crippen LogP) is 1.34. The van der Waals surface area contributed by atoms with Gasteiger partial charge in [-0.1, -0.05) is 17.7 Å². The number of hydrogen-bond donors (Lipinski definition) is 0. The van der Waals surface area contributed by atoms with Crippen LogP contribution in [0.15, 0.2) is 29.2 Å². The molecule has 21 heavy (non-hydrogen) atoms. The number of benzene rings is 1. The fourth-order valence-electron chi connectivity index (χ4n) is 2.39. The second-order valence-electron chi connectivity index (χ2n) is 5.26. The summed E-state index contributed by atoms with van der Waals surface area (Å²) in [5, 5.41) is 0.